The topological polar surface area (TPSA) is 136 Å². The summed E-state index contributed by atoms with van der Waals surface area (Å²) in [6.45, 7) is 1.83. The van der Waals surface area contributed by atoms with Crippen molar-refractivity contribution in [2.75, 3.05) is 27.1 Å². The van der Waals surface area contributed by atoms with Crippen molar-refractivity contribution in [3.8, 4) is 46.3 Å². The van der Waals surface area contributed by atoms with Gasteiger partial charge in [0.05, 0.1) is 21.3 Å². The molecule has 2 N–H and O–H groups in total. The minimum absolute atomic E-state index is 0.0475. The zero-order chi connectivity index (χ0) is 22.7. The Bertz CT molecular complexity index is 1290. The van der Waals surface area contributed by atoms with Crippen LogP contribution in [0, 0.1) is 29.6 Å². The summed E-state index contributed by atoms with van der Waals surface area (Å²) in [4.78, 5) is 17.4. The third kappa shape index (κ3) is 3.49. The third-order valence-corrected chi connectivity index (χ3v) is 4.72. The number of ether oxygens (including phenoxy) is 3. The molecule has 1 aromatic carbocycles. The van der Waals surface area contributed by atoms with E-state index in [0.717, 1.165) is 10.1 Å². The molecule has 0 radical (unpaired) electrons. The standard InChI is InChI=1S/C22H19N5O4/c1-12-5-6-26-18(7-12)27-21(25)14(10-23)19(15(11-24)22(27)28)13-8-16(29-2)20(31-4)17(9-13)30-3/h5-9H,25H2,1-4H3. The second kappa shape index (κ2) is 8.47. The Kier molecular flexibility index (Phi) is 5.80. The first-order valence-electron chi connectivity index (χ1n) is 9.03. The van der Waals surface area contributed by atoms with Gasteiger partial charge in [-0.2, -0.15) is 10.5 Å². The van der Waals surface area contributed by atoms with Crippen molar-refractivity contribution in [3.63, 3.8) is 0 Å². The maximum atomic E-state index is 13.3. The molecule has 31 heavy (non-hydrogen) atoms. The Balaban J connectivity index is 2.45. The monoisotopic (exact) mass is 417 g/mol. The highest BCUT2D eigenvalue weighted by molar-refractivity contribution is 5.83. The Morgan fingerprint density at radius 2 is 1.61 bits per heavy atom. The molecule has 9 heteroatoms. The number of nitrogens with two attached hydrogens (primary N) is 1. The fourth-order valence-electron chi connectivity index (χ4n) is 3.29. The number of hydrogen-bond donors (Lipinski definition) is 1. The van der Waals surface area contributed by atoms with E-state index in [4.69, 9.17) is 19.9 Å². The van der Waals surface area contributed by atoms with Crippen LogP contribution in [-0.2, 0) is 0 Å². The maximum absolute atomic E-state index is 13.3. The van der Waals surface area contributed by atoms with Gasteiger partial charge < -0.3 is 19.9 Å². The molecule has 2 heterocycles. The number of methoxy groups -OCH3 is 3. The van der Waals surface area contributed by atoms with Crippen molar-refractivity contribution in [2.45, 2.75) is 6.92 Å². The first-order chi connectivity index (χ1) is 14.9. The molecule has 9 nitrogen and oxygen atoms in total. The molecule has 0 aliphatic heterocycles. The molecule has 0 amide bonds. The second-order valence-corrected chi connectivity index (χ2v) is 6.48. The van der Waals surface area contributed by atoms with Crippen LogP contribution >= 0.6 is 0 Å². The number of nitriles is 2. The van der Waals surface area contributed by atoms with Crippen molar-refractivity contribution in [1.82, 2.24) is 9.55 Å². The highest BCUT2D eigenvalue weighted by atomic mass is 16.5. The molecular formula is C22H19N5O4. The number of benzene rings is 1. The van der Waals surface area contributed by atoms with Gasteiger partial charge >= 0.3 is 0 Å². The Hall–Kier alpha value is -4.50. The fraction of sp³-hybridized carbons (Fsp3) is 0.182. The predicted octanol–water partition coefficient (Wildman–Crippen LogP) is 2.56. The van der Waals surface area contributed by atoms with Crippen molar-refractivity contribution < 1.29 is 14.2 Å². The molecule has 156 valence electrons. The molecule has 0 saturated carbocycles. The maximum Gasteiger partial charge on any atom is 0.276 e. The lowest BCUT2D eigenvalue weighted by Crippen LogP contribution is -2.27. The molecule has 0 atom stereocenters. The number of hydrogen-bond acceptors (Lipinski definition) is 8. The van der Waals surface area contributed by atoms with E-state index >= 15 is 0 Å². The molecular weight excluding hydrogens is 398 g/mol. The number of aromatic nitrogens is 2. The van der Waals surface area contributed by atoms with Crippen molar-refractivity contribution in [3.05, 3.63) is 57.5 Å². The van der Waals surface area contributed by atoms with E-state index in [1.807, 2.05) is 19.1 Å². The first kappa shape index (κ1) is 21.2. The van der Waals surface area contributed by atoms with Gasteiger partial charge in [-0.25, -0.2) is 9.55 Å². The Morgan fingerprint density at radius 1 is 1.00 bits per heavy atom. The average Bonchev–Trinajstić information content (AvgIpc) is 2.77. The molecule has 0 aliphatic rings. The molecule has 3 rings (SSSR count). The quantitative estimate of drug-likeness (QED) is 0.669. The number of nitrogens with zero attached hydrogens (tertiary/aromatic N) is 4. The van der Waals surface area contributed by atoms with Gasteiger partial charge in [0.2, 0.25) is 5.75 Å². The van der Waals surface area contributed by atoms with Gasteiger partial charge in [-0.3, -0.25) is 4.79 Å². The summed E-state index contributed by atoms with van der Waals surface area (Å²) in [6.07, 6.45) is 1.52. The van der Waals surface area contributed by atoms with E-state index in [1.165, 1.54) is 27.5 Å². The van der Waals surface area contributed by atoms with E-state index in [0.29, 0.717) is 22.8 Å². The number of rotatable bonds is 5. The normalized spacial score (nSPS) is 10.1. The van der Waals surface area contributed by atoms with Gasteiger partial charge in [0.15, 0.2) is 11.5 Å². The van der Waals surface area contributed by atoms with Gasteiger partial charge in [-0.15, -0.1) is 0 Å². The molecule has 0 spiro atoms. The molecule has 3 aromatic rings. The van der Waals surface area contributed by atoms with Crippen molar-refractivity contribution in [1.29, 1.82) is 10.5 Å². The van der Waals surface area contributed by atoms with E-state index in [9.17, 15) is 15.3 Å². The summed E-state index contributed by atoms with van der Waals surface area (Å²) >= 11 is 0. The van der Waals surface area contributed by atoms with Crippen LogP contribution in [0.5, 0.6) is 17.2 Å². The number of nitrogen functional groups attached to an aromatic ring is 1. The van der Waals surface area contributed by atoms with Crippen LogP contribution in [0.3, 0.4) is 0 Å². The van der Waals surface area contributed by atoms with Gasteiger partial charge in [0.25, 0.3) is 5.56 Å². The van der Waals surface area contributed by atoms with Crippen molar-refractivity contribution in [2.24, 2.45) is 0 Å². The van der Waals surface area contributed by atoms with E-state index < -0.39 is 5.56 Å². The molecule has 0 saturated heterocycles. The van der Waals surface area contributed by atoms with E-state index in [-0.39, 0.29) is 28.3 Å². The van der Waals surface area contributed by atoms with Crippen LogP contribution in [0.25, 0.3) is 16.9 Å². The third-order valence-electron chi connectivity index (χ3n) is 4.72. The second-order valence-electron chi connectivity index (χ2n) is 6.48. The summed E-state index contributed by atoms with van der Waals surface area (Å²) in [7, 11) is 4.33. The largest absolute Gasteiger partial charge is 0.493 e. The number of aryl methyl sites for hydroxylation is 1. The van der Waals surface area contributed by atoms with Gasteiger partial charge in [0, 0.05) is 11.8 Å². The van der Waals surface area contributed by atoms with Gasteiger partial charge in [-0.05, 0) is 42.3 Å². The lowest BCUT2D eigenvalue weighted by molar-refractivity contribution is 0.324. The van der Waals surface area contributed by atoms with Gasteiger partial charge in [0.1, 0.15) is 34.9 Å². The zero-order valence-electron chi connectivity index (χ0n) is 17.4. The molecule has 0 aliphatic carbocycles. The highest BCUT2D eigenvalue weighted by Gasteiger charge is 2.25. The lowest BCUT2D eigenvalue weighted by atomic mass is 9.95. The highest BCUT2D eigenvalue weighted by Crippen LogP contribution is 2.42. The lowest BCUT2D eigenvalue weighted by Gasteiger charge is -2.18. The summed E-state index contributed by atoms with van der Waals surface area (Å²) in [5.74, 6) is 1.01. The number of pyridine rings is 2. The first-order valence-corrected chi connectivity index (χ1v) is 9.03. The Morgan fingerprint density at radius 3 is 2.10 bits per heavy atom. The van der Waals surface area contributed by atoms with Crippen LogP contribution in [0.2, 0.25) is 0 Å². The van der Waals surface area contributed by atoms with E-state index in [2.05, 4.69) is 4.98 Å². The molecule has 0 unspecified atom stereocenters. The molecule has 0 fully saturated rings. The van der Waals surface area contributed by atoms with Crippen LogP contribution in [-0.4, -0.2) is 30.9 Å². The van der Waals surface area contributed by atoms with Crippen LogP contribution in [0.15, 0.2) is 35.3 Å². The van der Waals surface area contributed by atoms with Crippen LogP contribution in [0.4, 0.5) is 5.82 Å². The zero-order valence-corrected chi connectivity index (χ0v) is 17.4. The van der Waals surface area contributed by atoms with Crippen molar-refractivity contribution >= 4 is 5.82 Å². The smallest absolute Gasteiger partial charge is 0.276 e. The summed E-state index contributed by atoms with van der Waals surface area (Å²) in [5.41, 5.74) is 6.50. The molecule has 0 bridgehead atoms. The molecule has 2 aromatic heterocycles. The minimum atomic E-state index is -0.694. The SMILES string of the molecule is COc1cc(-c2c(C#N)c(N)n(-c3cc(C)ccn3)c(=O)c2C#N)cc(OC)c1OC. The Labute approximate surface area is 178 Å². The van der Waals surface area contributed by atoms with Crippen LogP contribution in [0.1, 0.15) is 16.7 Å². The van der Waals surface area contributed by atoms with E-state index in [1.54, 1.807) is 24.3 Å². The summed E-state index contributed by atoms with van der Waals surface area (Å²) < 4.78 is 17.1. The summed E-state index contributed by atoms with van der Waals surface area (Å²) in [5, 5.41) is 19.7. The van der Waals surface area contributed by atoms with Crippen LogP contribution < -0.4 is 25.5 Å². The summed E-state index contributed by atoms with van der Waals surface area (Å²) in [6, 6.07) is 10.4. The number of anilines is 1. The minimum Gasteiger partial charge on any atom is -0.493 e. The van der Waals surface area contributed by atoms with Gasteiger partial charge in [-0.1, -0.05) is 0 Å². The fourth-order valence-corrected chi connectivity index (χ4v) is 3.29. The predicted molar refractivity (Wildman–Crippen MR) is 114 cm³/mol. The average molecular weight is 417 g/mol.